The first-order chi connectivity index (χ1) is 8.65. The van der Waals surface area contributed by atoms with Crippen molar-refractivity contribution in [1.82, 2.24) is 10.4 Å². The fraction of sp³-hybridized carbons (Fsp3) is 0.500. The molecule has 18 heavy (non-hydrogen) atoms. The fourth-order valence-corrected chi connectivity index (χ4v) is 2.57. The van der Waals surface area contributed by atoms with Crippen molar-refractivity contribution in [3.8, 4) is 0 Å². The molecule has 2 heterocycles. The Kier molecular flexibility index (Phi) is 4.19. The first kappa shape index (κ1) is 13.3. The molecule has 0 aromatic carbocycles. The Hall–Kier alpha value is -1.14. The molecule has 1 unspecified atom stereocenters. The summed E-state index contributed by atoms with van der Waals surface area (Å²) in [6, 6.07) is 0. The maximum Gasteiger partial charge on any atom is 0.154 e. The zero-order valence-corrected chi connectivity index (χ0v) is 12.0. The molecular formula is C12H17BrN4O. The number of ether oxygens (including phenoxy) is 1. The van der Waals surface area contributed by atoms with Gasteiger partial charge in [0.05, 0.1) is 11.3 Å². The molecular weight excluding hydrogens is 296 g/mol. The van der Waals surface area contributed by atoms with Gasteiger partial charge in [0.2, 0.25) is 0 Å². The van der Waals surface area contributed by atoms with Gasteiger partial charge in [-0.25, -0.2) is 4.99 Å². The molecule has 5 nitrogen and oxygen atoms in total. The number of nitrogens with zero attached hydrogens (tertiary/aromatic N) is 2. The Morgan fingerprint density at radius 3 is 3.00 bits per heavy atom. The van der Waals surface area contributed by atoms with Gasteiger partial charge in [0.1, 0.15) is 6.23 Å². The Bertz CT molecular complexity index is 420. The molecule has 2 aliphatic heterocycles. The molecule has 1 saturated heterocycles. The van der Waals surface area contributed by atoms with Crippen LogP contribution in [0.1, 0.15) is 26.2 Å². The summed E-state index contributed by atoms with van der Waals surface area (Å²) < 4.78 is 6.71. The van der Waals surface area contributed by atoms with E-state index in [-0.39, 0.29) is 12.1 Å². The molecule has 2 rings (SSSR count). The molecule has 1 atom stereocenters. The van der Waals surface area contributed by atoms with Crippen LogP contribution in [0.2, 0.25) is 0 Å². The highest BCUT2D eigenvalue weighted by atomic mass is 79.9. The average molecular weight is 313 g/mol. The lowest BCUT2D eigenvalue weighted by molar-refractivity contribution is -0.0806. The molecule has 0 aromatic rings. The van der Waals surface area contributed by atoms with Gasteiger partial charge in [-0.3, -0.25) is 10.4 Å². The Morgan fingerprint density at radius 1 is 1.67 bits per heavy atom. The van der Waals surface area contributed by atoms with E-state index in [0.29, 0.717) is 0 Å². The van der Waals surface area contributed by atoms with Crippen LogP contribution < -0.4 is 5.43 Å². The van der Waals surface area contributed by atoms with Crippen molar-refractivity contribution in [2.75, 3.05) is 6.61 Å². The van der Waals surface area contributed by atoms with Crippen LogP contribution in [-0.4, -0.2) is 30.4 Å². The highest BCUT2D eigenvalue weighted by Gasteiger charge is 2.31. The summed E-state index contributed by atoms with van der Waals surface area (Å²) in [4.78, 5) is 3.69. The zero-order valence-electron chi connectivity index (χ0n) is 10.4. The number of rotatable bonds is 2. The van der Waals surface area contributed by atoms with E-state index in [1.54, 1.807) is 6.20 Å². The minimum absolute atomic E-state index is 0.00705. The quantitative estimate of drug-likeness (QED) is 0.608. The molecule has 2 N–H and O–H groups in total. The highest BCUT2D eigenvalue weighted by molar-refractivity contribution is 9.11. The molecule has 0 spiro atoms. The second-order valence-corrected chi connectivity index (χ2v) is 5.46. The second kappa shape index (κ2) is 5.67. The first-order valence-electron chi connectivity index (χ1n) is 5.94. The van der Waals surface area contributed by atoms with Crippen LogP contribution in [0.15, 0.2) is 26.9 Å². The molecule has 2 aliphatic rings. The highest BCUT2D eigenvalue weighted by Crippen LogP contribution is 2.31. The maximum atomic E-state index is 7.80. The molecule has 0 saturated carbocycles. The van der Waals surface area contributed by atoms with Crippen molar-refractivity contribution in [3.63, 3.8) is 0 Å². The minimum atomic E-state index is 0.00705. The average Bonchev–Trinajstić information content (AvgIpc) is 2.83. The van der Waals surface area contributed by atoms with Gasteiger partial charge in [0, 0.05) is 17.3 Å². The van der Waals surface area contributed by atoms with Gasteiger partial charge in [-0.1, -0.05) is 15.9 Å². The summed E-state index contributed by atoms with van der Waals surface area (Å²) in [6.45, 7) is 6.13. The SMILES string of the molecule is C=NC(=N)C1=CNN(C2CCCCO2)/C1=C(/C)Br. The summed E-state index contributed by atoms with van der Waals surface area (Å²) in [6.07, 6.45) is 5.03. The number of amidine groups is 1. The smallest absolute Gasteiger partial charge is 0.154 e. The van der Waals surface area contributed by atoms with Gasteiger partial charge in [0.15, 0.2) is 5.84 Å². The third kappa shape index (κ3) is 2.49. The lowest BCUT2D eigenvalue weighted by atomic mass is 10.1. The summed E-state index contributed by atoms with van der Waals surface area (Å²) in [5.74, 6) is 0.162. The van der Waals surface area contributed by atoms with E-state index in [1.165, 1.54) is 0 Å². The largest absolute Gasteiger partial charge is 0.357 e. The van der Waals surface area contributed by atoms with Crippen molar-refractivity contribution < 1.29 is 4.74 Å². The van der Waals surface area contributed by atoms with Gasteiger partial charge < -0.3 is 10.2 Å². The van der Waals surface area contributed by atoms with Gasteiger partial charge >= 0.3 is 0 Å². The van der Waals surface area contributed by atoms with Crippen LogP contribution in [0.25, 0.3) is 0 Å². The topological polar surface area (TPSA) is 60.7 Å². The maximum absolute atomic E-state index is 7.80. The third-order valence-electron chi connectivity index (χ3n) is 3.03. The zero-order chi connectivity index (χ0) is 13.1. The van der Waals surface area contributed by atoms with Crippen molar-refractivity contribution >= 4 is 28.5 Å². The van der Waals surface area contributed by atoms with E-state index in [2.05, 4.69) is 33.1 Å². The number of hydrazine groups is 1. The van der Waals surface area contributed by atoms with E-state index in [4.69, 9.17) is 10.1 Å². The van der Waals surface area contributed by atoms with Crippen LogP contribution in [-0.2, 0) is 4.74 Å². The van der Waals surface area contributed by atoms with Gasteiger partial charge in [-0.15, -0.1) is 0 Å². The van der Waals surface area contributed by atoms with Crippen LogP contribution >= 0.6 is 15.9 Å². The van der Waals surface area contributed by atoms with E-state index in [1.807, 2.05) is 11.9 Å². The van der Waals surface area contributed by atoms with Crippen LogP contribution in [0, 0.1) is 5.41 Å². The Morgan fingerprint density at radius 2 is 2.44 bits per heavy atom. The minimum Gasteiger partial charge on any atom is -0.357 e. The molecule has 6 heteroatoms. The number of hydrogen-bond donors (Lipinski definition) is 2. The number of allylic oxidation sites excluding steroid dienone is 1. The number of nitrogens with one attached hydrogen (secondary N) is 2. The molecule has 0 amide bonds. The summed E-state index contributed by atoms with van der Waals surface area (Å²) in [5.41, 5.74) is 4.79. The van der Waals surface area contributed by atoms with Gasteiger partial charge in [-0.2, -0.15) is 0 Å². The lowest BCUT2D eigenvalue weighted by Crippen LogP contribution is -2.43. The lowest BCUT2D eigenvalue weighted by Gasteiger charge is -2.34. The number of hydrogen-bond acceptors (Lipinski definition) is 4. The number of halogens is 1. The number of aliphatic imine (C=N–C) groups is 1. The summed E-state index contributed by atoms with van der Waals surface area (Å²) in [5, 5.41) is 9.76. The van der Waals surface area contributed by atoms with Crippen molar-refractivity contribution in [2.45, 2.75) is 32.4 Å². The van der Waals surface area contributed by atoms with Crippen molar-refractivity contribution in [2.24, 2.45) is 4.99 Å². The Labute approximate surface area is 115 Å². The normalized spacial score (nSPS) is 26.4. The fourth-order valence-electron chi connectivity index (χ4n) is 2.17. The van der Waals surface area contributed by atoms with E-state index >= 15 is 0 Å². The summed E-state index contributed by atoms with van der Waals surface area (Å²) >= 11 is 3.49. The van der Waals surface area contributed by atoms with Gasteiger partial charge in [-0.05, 0) is 32.9 Å². The molecule has 0 bridgehead atoms. The first-order valence-corrected chi connectivity index (χ1v) is 6.74. The molecule has 1 fully saturated rings. The van der Waals surface area contributed by atoms with Crippen LogP contribution in [0.4, 0.5) is 0 Å². The summed E-state index contributed by atoms with van der Waals surface area (Å²) in [7, 11) is 0. The molecule has 98 valence electrons. The molecule has 0 aromatic heterocycles. The Balaban J connectivity index is 2.22. The predicted octanol–water partition coefficient (Wildman–Crippen LogP) is 2.52. The van der Waals surface area contributed by atoms with Crippen molar-refractivity contribution in [3.05, 3.63) is 22.0 Å². The predicted molar refractivity (Wildman–Crippen MR) is 75.6 cm³/mol. The van der Waals surface area contributed by atoms with E-state index in [0.717, 1.165) is 41.6 Å². The third-order valence-corrected chi connectivity index (χ3v) is 3.40. The molecule has 0 radical (unpaired) electrons. The monoisotopic (exact) mass is 312 g/mol. The van der Waals surface area contributed by atoms with E-state index in [9.17, 15) is 0 Å². The molecule has 0 aliphatic carbocycles. The van der Waals surface area contributed by atoms with Crippen LogP contribution in [0.5, 0.6) is 0 Å². The second-order valence-electron chi connectivity index (χ2n) is 4.27. The van der Waals surface area contributed by atoms with Crippen LogP contribution in [0.3, 0.4) is 0 Å². The van der Waals surface area contributed by atoms with E-state index < -0.39 is 0 Å². The van der Waals surface area contributed by atoms with Crippen molar-refractivity contribution in [1.29, 1.82) is 5.41 Å². The standard InChI is InChI=1S/C12H17BrN4O/c1-8(13)11-9(12(14)15-2)7-16-17(11)10-5-3-4-6-18-10/h7,10,14,16H,2-6H2,1H3/b11-8-,14-12?. The van der Waals surface area contributed by atoms with Gasteiger partial charge in [0.25, 0.3) is 0 Å².